The Balaban J connectivity index is 2.15. The van der Waals surface area contributed by atoms with Crippen LogP contribution >= 0.6 is 0 Å². The Labute approximate surface area is 83.4 Å². The van der Waals surface area contributed by atoms with Gasteiger partial charge in [0, 0.05) is 12.8 Å². The Bertz CT molecular complexity index is 325. The molecule has 0 amide bonds. The minimum absolute atomic E-state index is 0.222. The summed E-state index contributed by atoms with van der Waals surface area (Å²) in [6.07, 6.45) is 4.82. The third-order valence-electron chi connectivity index (χ3n) is 2.68. The van der Waals surface area contributed by atoms with Crippen molar-refractivity contribution >= 4 is 0 Å². The lowest BCUT2D eigenvalue weighted by atomic mass is 10.1. The number of aromatic nitrogens is 1. The van der Waals surface area contributed by atoms with E-state index in [1.165, 1.54) is 5.56 Å². The molecule has 3 heteroatoms. The molecule has 1 heterocycles. The zero-order valence-electron chi connectivity index (χ0n) is 8.11. The largest absolute Gasteiger partial charge is 0.396 e. The highest BCUT2D eigenvalue weighted by Crippen LogP contribution is 2.29. The first-order valence-corrected chi connectivity index (χ1v) is 5.08. The predicted molar refractivity (Wildman–Crippen MR) is 52.9 cm³/mol. The molecule has 0 fully saturated rings. The fourth-order valence-electron chi connectivity index (χ4n) is 1.92. The highest BCUT2D eigenvalue weighted by atomic mass is 16.3. The minimum atomic E-state index is -0.364. The molecule has 14 heavy (non-hydrogen) atoms. The first kappa shape index (κ1) is 9.62. The van der Waals surface area contributed by atoms with Gasteiger partial charge in [-0.05, 0) is 36.8 Å². The molecule has 3 nitrogen and oxygen atoms in total. The number of fused-ring (bicyclic) bond motifs is 1. The second-order valence-corrected chi connectivity index (χ2v) is 3.77. The van der Waals surface area contributed by atoms with Gasteiger partial charge in [0.25, 0.3) is 0 Å². The number of hydrogen-bond donors (Lipinski definition) is 2. The van der Waals surface area contributed by atoms with Crippen molar-refractivity contribution in [2.75, 3.05) is 6.61 Å². The van der Waals surface area contributed by atoms with Crippen LogP contribution in [-0.2, 0) is 12.8 Å². The molecule has 0 saturated heterocycles. The molecule has 2 N–H and O–H groups in total. The standard InChI is InChI=1S/C11H15NO2/c13-5-1-2-8-6-9-3-4-10(14)11(9)12-7-8/h6-7,10,13-14H,1-5H2. The summed E-state index contributed by atoms with van der Waals surface area (Å²) in [6, 6.07) is 2.11. The van der Waals surface area contributed by atoms with Crippen molar-refractivity contribution in [2.45, 2.75) is 31.8 Å². The van der Waals surface area contributed by atoms with Crippen molar-refractivity contribution < 1.29 is 10.2 Å². The number of hydrogen-bond acceptors (Lipinski definition) is 3. The third kappa shape index (κ3) is 1.79. The van der Waals surface area contributed by atoms with Crippen LogP contribution in [-0.4, -0.2) is 21.8 Å². The van der Waals surface area contributed by atoms with Gasteiger partial charge in [0.2, 0.25) is 0 Å². The summed E-state index contributed by atoms with van der Waals surface area (Å²) in [6.45, 7) is 0.222. The molecule has 0 aromatic carbocycles. The summed E-state index contributed by atoms with van der Waals surface area (Å²) >= 11 is 0. The number of aliphatic hydroxyl groups is 2. The Morgan fingerprint density at radius 1 is 1.50 bits per heavy atom. The molecule has 0 spiro atoms. The van der Waals surface area contributed by atoms with E-state index in [0.717, 1.165) is 36.9 Å². The van der Waals surface area contributed by atoms with Crippen LogP contribution < -0.4 is 0 Å². The number of aryl methyl sites for hydroxylation is 2. The zero-order valence-corrected chi connectivity index (χ0v) is 8.11. The van der Waals surface area contributed by atoms with Gasteiger partial charge in [-0.2, -0.15) is 0 Å². The van der Waals surface area contributed by atoms with Crippen LogP contribution in [0.3, 0.4) is 0 Å². The second kappa shape index (κ2) is 4.07. The molecule has 1 aromatic heterocycles. The Morgan fingerprint density at radius 3 is 3.14 bits per heavy atom. The quantitative estimate of drug-likeness (QED) is 0.752. The van der Waals surface area contributed by atoms with Crippen LogP contribution in [0.1, 0.15) is 35.8 Å². The van der Waals surface area contributed by atoms with Gasteiger partial charge in [-0.25, -0.2) is 0 Å². The van der Waals surface area contributed by atoms with Crippen LogP contribution in [0.5, 0.6) is 0 Å². The first-order chi connectivity index (χ1) is 6.81. The molecule has 0 aliphatic heterocycles. The topological polar surface area (TPSA) is 53.4 Å². The van der Waals surface area contributed by atoms with Gasteiger partial charge in [0.15, 0.2) is 0 Å². The van der Waals surface area contributed by atoms with Gasteiger partial charge in [0.05, 0.1) is 11.8 Å². The first-order valence-electron chi connectivity index (χ1n) is 5.08. The lowest BCUT2D eigenvalue weighted by Crippen LogP contribution is -1.97. The van der Waals surface area contributed by atoms with Crippen LogP contribution in [0.4, 0.5) is 0 Å². The lowest BCUT2D eigenvalue weighted by Gasteiger charge is -2.04. The van der Waals surface area contributed by atoms with Gasteiger partial charge in [-0.15, -0.1) is 0 Å². The number of rotatable bonds is 3. The number of nitrogens with zero attached hydrogens (tertiary/aromatic N) is 1. The van der Waals surface area contributed by atoms with Crippen molar-refractivity contribution in [3.8, 4) is 0 Å². The summed E-state index contributed by atoms with van der Waals surface area (Å²) in [5.74, 6) is 0. The Kier molecular flexibility index (Phi) is 2.79. The summed E-state index contributed by atoms with van der Waals surface area (Å²) < 4.78 is 0. The molecule has 0 bridgehead atoms. The summed E-state index contributed by atoms with van der Waals surface area (Å²) in [5, 5.41) is 18.2. The van der Waals surface area contributed by atoms with E-state index in [-0.39, 0.29) is 12.7 Å². The third-order valence-corrected chi connectivity index (χ3v) is 2.68. The van der Waals surface area contributed by atoms with E-state index < -0.39 is 0 Å². The second-order valence-electron chi connectivity index (χ2n) is 3.77. The van der Waals surface area contributed by atoms with E-state index in [2.05, 4.69) is 11.1 Å². The Morgan fingerprint density at radius 2 is 2.36 bits per heavy atom. The maximum atomic E-state index is 9.55. The van der Waals surface area contributed by atoms with Crippen LogP contribution in [0.2, 0.25) is 0 Å². The van der Waals surface area contributed by atoms with E-state index in [0.29, 0.717) is 0 Å². The molecule has 1 aliphatic rings. The molecular weight excluding hydrogens is 178 g/mol. The minimum Gasteiger partial charge on any atom is -0.396 e. The van der Waals surface area contributed by atoms with Gasteiger partial charge < -0.3 is 10.2 Å². The van der Waals surface area contributed by atoms with Crippen LogP contribution in [0, 0.1) is 0 Å². The highest BCUT2D eigenvalue weighted by molar-refractivity contribution is 5.30. The fourth-order valence-corrected chi connectivity index (χ4v) is 1.92. The Hall–Kier alpha value is -0.930. The fraction of sp³-hybridized carbons (Fsp3) is 0.545. The average molecular weight is 193 g/mol. The van der Waals surface area contributed by atoms with Crippen molar-refractivity contribution in [1.29, 1.82) is 0 Å². The summed E-state index contributed by atoms with van der Waals surface area (Å²) in [7, 11) is 0. The zero-order chi connectivity index (χ0) is 9.97. The van der Waals surface area contributed by atoms with Crippen molar-refractivity contribution in [3.63, 3.8) is 0 Å². The molecule has 2 rings (SSSR count). The van der Waals surface area contributed by atoms with E-state index in [1.807, 2.05) is 6.20 Å². The molecule has 76 valence electrons. The van der Waals surface area contributed by atoms with Gasteiger partial charge >= 0.3 is 0 Å². The van der Waals surface area contributed by atoms with Gasteiger partial charge in [-0.3, -0.25) is 4.98 Å². The number of aliphatic hydroxyl groups excluding tert-OH is 2. The SMILES string of the molecule is OCCCc1cnc2c(c1)CCC2O. The lowest BCUT2D eigenvalue weighted by molar-refractivity contribution is 0.176. The van der Waals surface area contributed by atoms with E-state index in [9.17, 15) is 5.11 Å². The molecule has 1 aromatic rings. The summed E-state index contributed by atoms with van der Waals surface area (Å²) in [4.78, 5) is 4.26. The number of pyridine rings is 1. The monoisotopic (exact) mass is 193 g/mol. The van der Waals surface area contributed by atoms with E-state index >= 15 is 0 Å². The van der Waals surface area contributed by atoms with Gasteiger partial charge in [-0.1, -0.05) is 6.07 Å². The predicted octanol–water partition coefficient (Wildman–Crippen LogP) is 0.986. The van der Waals surface area contributed by atoms with Crippen LogP contribution in [0.15, 0.2) is 12.3 Å². The highest BCUT2D eigenvalue weighted by Gasteiger charge is 2.21. The average Bonchev–Trinajstić information content (AvgIpc) is 2.57. The van der Waals surface area contributed by atoms with Crippen molar-refractivity contribution in [2.24, 2.45) is 0 Å². The molecule has 1 unspecified atom stereocenters. The summed E-state index contributed by atoms with van der Waals surface area (Å²) in [5.41, 5.74) is 3.18. The molecule has 1 aliphatic carbocycles. The molecule has 1 atom stereocenters. The molecule has 0 radical (unpaired) electrons. The maximum absolute atomic E-state index is 9.55. The van der Waals surface area contributed by atoms with E-state index in [4.69, 9.17) is 5.11 Å². The smallest absolute Gasteiger partial charge is 0.0965 e. The normalized spacial score (nSPS) is 19.7. The van der Waals surface area contributed by atoms with Crippen molar-refractivity contribution in [3.05, 3.63) is 29.1 Å². The van der Waals surface area contributed by atoms with Gasteiger partial charge in [0.1, 0.15) is 0 Å². The maximum Gasteiger partial charge on any atom is 0.0965 e. The molecular formula is C11H15NO2. The van der Waals surface area contributed by atoms with E-state index in [1.54, 1.807) is 0 Å². The van der Waals surface area contributed by atoms with Crippen molar-refractivity contribution in [1.82, 2.24) is 4.98 Å². The molecule has 0 saturated carbocycles. The van der Waals surface area contributed by atoms with Crippen LogP contribution in [0.25, 0.3) is 0 Å².